The molecule has 2 atom stereocenters. The van der Waals surface area contributed by atoms with E-state index in [2.05, 4.69) is 5.32 Å². The molecule has 6 nitrogen and oxygen atoms in total. The summed E-state index contributed by atoms with van der Waals surface area (Å²) in [7, 11) is 4.63. The first-order valence-corrected chi connectivity index (χ1v) is 7.44. The molecule has 1 aromatic rings. The van der Waals surface area contributed by atoms with E-state index in [1.54, 1.807) is 33.5 Å². The zero-order valence-electron chi connectivity index (χ0n) is 13.3. The number of carbonyl (C=O) groups is 1. The van der Waals surface area contributed by atoms with Gasteiger partial charge in [-0.15, -0.1) is 0 Å². The van der Waals surface area contributed by atoms with E-state index in [4.69, 9.17) is 19.9 Å². The fourth-order valence-corrected chi connectivity index (χ4v) is 2.92. The highest BCUT2D eigenvalue weighted by atomic mass is 16.5. The summed E-state index contributed by atoms with van der Waals surface area (Å²) in [6, 6.07) is 3.56. The number of hydrogen-bond acceptors (Lipinski definition) is 5. The van der Waals surface area contributed by atoms with Crippen molar-refractivity contribution >= 4 is 11.6 Å². The largest absolute Gasteiger partial charge is 0.493 e. The molecule has 22 heavy (non-hydrogen) atoms. The number of methoxy groups -OCH3 is 3. The van der Waals surface area contributed by atoms with Gasteiger partial charge < -0.3 is 25.3 Å². The number of anilines is 1. The highest BCUT2D eigenvalue weighted by Crippen LogP contribution is 2.40. The molecule has 1 saturated carbocycles. The first-order valence-electron chi connectivity index (χ1n) is 7.44. The lowest BCUT2D eigenvalue weighted by atomic mass is 10.00. The van der Waals surface area contributed by atoms with Crippen molar-refractivity contribution in [3.63, 3.8) is 0 Å². The van der Waals surface area contributed by atoms with Crippen LogP contribution in [-0.4, -0.2) is 33.3 Å². The van der Waals surface area contributed by atoms with E-state index in [9.17, 15) is 4.79 Å². The van der Waals surface area contributed by atoms with Gasteiger partial charge in [0.25, 0.3) is 0 Å². The molecule has 0 saturated heterocycles. The topological polar surface area (TPSA) is 82.8 Å². The molecular weight excluding hydrogens is 284 g/mol. The highest BCUT2D eigenvalue weighted by Gasteiger charge is 2.26. The van der Waals surface area contributed by atoms with E-state index in [-0.39, 0.29) is 17.9 Å². The average molecular weight is 308 g/mol. The summed E-state index contributed by atoms with van der Waals surface area (Å²) in [6.07, 6.45) is 3.56. The van der Waals surface area contributed by atoms with Gasteiger partial charge in [0, 0.05) is 30.3 Å². The third kappa shape index (κ3) is 3.62. The summed E-state index contributed by atoms with van der Waals surface area (Å²) < 4.78 is 15.8. The number of nitrogens with one attached hydrogen (secondary N) is 1. The van der Waals surface area contributed by atoms with Crippen LogP contribution in [0.15, 0.2) is 12.1 Å². The quantitative estimate of drug-likeness (QED) is 0.841. The molecule has 1 aliphatic carbocycles. The normalized spacial score (nSPS) is 20.5. The predicted octanol–water partition coefficient (Wildman–Crippen LogP) is 2.17. The number of nitrogens with two attached hydrogens (primary N) is 1. The van der Waals surface area contributed by atoms with Gasteiger partial charge in [0.1, 0.15) is 0 Å². The van der Waals surface area contributed by atoms with Crippen LogP contribution < -0.4 is 25.3 Å². The smallest absolute Gasteiger partial charge is 0.224 e. The van der Waals surface area contributed by atoms with Crippen LogP contribution in [0.2, 0.25) is 0 Å². The third-order valence-corrected chi connectivity index (χ3v) is 4.11. The van der Waals surface area contributed by atoms with E-state index in [1.165, 1.54) is 0 Å². The van der Waals surface area contributed by atoms with Gasteiger partial charge in [-0.05, 0) is 18.8 Å². The molecule has 0 bridgehead atoms. The fourth-order valence-electron chi connectivity index (χ4n) is 2.92. The van der Waals surface area contributed by atoms with Crippen LogP contribution in [0.3, 0.4) is 0 Å². The summed E-state index contributed by atoms with van der Waals surface area (Å²) in [4.78, 5) is 12.2. The summed E-state index contributed by atoms with van der Waals surface area (Å²) in [5, 5.41) is 2.88. The minimum absolute atomic E-state index is 0.0448. The number of rotatable bonds is 6. The summed E-state index contributed by atoms with van der Waals surface area (Å²) in [5.41, 5.74) is 6.63. The number of amides is 1. The standard InChI is InChI=1S/C16H24N2O4/c1-20-13-8-11(9-14(21-2)16(13)22-3)18-15(19)7-10-5-4-6-12(10)17/h8-10,12H,4-7,17H2,1-3H3,(H,18,19)/t10-,12+/m0/s1. The highest BCUT2D eigenvalue weighted by molar-refractivity contribution is 5.91. The summed E-state index contributed by atoms with van der Waals surface area (Å²) >= 11 is 0. The molecule has 1 fully saturated rings. The van der Waals surface area contributed by atoms with Gasteiger partial charge in [-0.3, -0.25) is 4.79 Å². The maximum absolute atomic E-state index is 12.2. The van der Waals surface area contributed by atoms with Crippen LogP contribution in [-0.2, 0) is 4.79 Å². The Bertz CT molecular complexity index is 508. The van der Waals surface area contributed by atoms with E-state index >= 15 is 0 Å². The lowest BCUT2D eigenvalue weighted by molar-refractivity contribution is -0.117. The Kier molecular flexibility index (Phi) is 5.49. The molecule has 0 unspecified atom stereocenters. The summed E-state index contributed by atoms with van der Waals surface area (Å²) in [5.74, 6) is 1.74. The second-order valence-corrected chi connectivity index (χ2v) is 5.52. The SMILES string of the molecule is COc1cc(NC(=O)C[C@@H]2CCC[C@H]2N)cc(OC)c1OC. The first-order chi connectivity index (χ1) is 10.6. The van der Waals surface area contributed by atoms with Gasteiger partial charge in [-0.25, -0.2) is 0 Å². The number of benzene rings is 1. The molecular formula is C16H24N2O4. The molecule has 2 rings (SSSR count). The van der Waals surface area contributed by atoms with Gasteiger partial charge in [0.05, 0.1) is 21.3 Å². The first kappa shape index (κ1) is 16.4. The van der Waals surface area contributed by atoms with Crippen molar-refractivity contribution in [2.45, 2.75) is 31.7 Å². The molecule has 0 aliphatic heterocycles. The number of hydrogen-bond donors (Lipinski definition) is 2. The molecule has 122 valence electrons. The van der Waals surface area contributed by atoms with Crippen molar-refractivity contribution in [1.29, 1.82) is 0 Å². The maximum atomic E-state index is 12.2. The Hall–Kier alpha value is -1.95. The van der Waals surface area contributed by atoms with E-state index in [0.29, 0.717) is 29.4 Å². The van der Waals surface area contributed by atoms with Crippen molar-refractivity contribution in [3.05, 3.63) is 12.1 Å². The zero-order valence-corrected chi connectivity index (χ0v) is 13.3. The predicted molar refractivity (Wildman–Crippen MR) is 84.7 cm³/mol. The molecule has 6 heteroatoms. The van der Waals surface area contributed by atoms with Gasteiger partial charge >= 0.3 is 0 Å². The van der Waals surface area contributed by atoms with Crippen LogP contribution in [0.1, 0.15) is 25.7 Å². The molecule has 3 N–H and O–H groups in total. The van der Waals surface area contributed by atoms with Crippen LogP contribution in [0.4, 0.5) is 5.69 Å². The van der Waals surface area contributed by atoms with Crippen molar-refractivity contribution in [1.82, 2.24) is 0 Å². The lowest BCUT2D eigenvalue weighted by Crippen LogP contribution is -2.28. The van der Waals surface area contributed by atoms with E-state index in [1.807, 2.05) is 0 Å². The molecule has 0 aromatic heterocycles. The Morgan fingerprint density at radius 1 is 1.18 bits per heavy atom. The lowest BCUT2D eigenvalue weighted by Gasteiger charge is -2.17. The third-order valence-electron chi connectivity index (χ3n) is 4.11. The van der Waals surface area contributed by atoms with Crippen LogP contribution in [0.25, 0.3) is 0 Å². The Balaban J connectivity index is 2.10. The Labute approximate surface area is 130 Å². The molecule has 0 spiro atoms. The second-order valence-electron chi connectivity index (χ2n) is 5.52. The minimum Gasteiger partial charge on any atom is -0.493 e. The van der Waals surface area contributed by atoms with Gasteiger partial charge in [0.2, 0.25) is 11.7 Å². The van der Waals surface area contributed by atoms with E-state index < -0.39 is 0 Å². The molecule has 1 aromatic carbocycles. The zero-order chi connectivity index (χ0) is 16.1. The van der Waals surface area contributed by atoms with E-state index in [0.717, 1.165) is 19.3 Å². The second kappa shape index (κ2) is 7.35. The Morgan fingerprint density at radius 3 is 2.27 bits per heavy atom. The van der Waals surface area contributed by atoms with Crippen molar-refractivity contribution in [2.24, 2.45) is 11.7 Å². The van der Waals surface area contributed by atoms with Crippen LogP contribution in [0.5, 0.6) is 17.2 Å². The van der Waals surface area contributed by atoms with Crippen molar-refractivity contribution < 1.29 is 19.0 Å². The summed E-state index contributed by atoms with van der Waals surface area (Å²) in [6.45, 7) is 0. The van der Waals surface area contributed by atoms with Crippen molar-refractivity contribution in [3.8, 4) is 17.2 Å². The fraction of sp³-hybridized carbons (Fsp3) is 0.562. The van der Waals surface area contributed by atoms with Gasteiger partial charge in [-0.1, -0.05) is 6.42 Å². The number of carbonyl (C=O) groups excluding carboxylic acids is 1. The molecule has 1 amide bonds. The maximum Gasteiger partial charge on any atom is 0.224 e. The van der Waals surface area contributed by atoms with Crippen LogP contribution in [0, 0.1) is 5.92 Å². The minimum atomic E-state index is -0.0448. The van der Waals surface area contributed by atoms with Gasteiger partial charge in [-0.2, -0.15) is 0 Å². The van der Waals surface area contributed by atoms with Crippen LogP contribution >= 0.6 is 0 Å². The van der Waals surface area contributed by atoms with Crippen molar-refractivity contribution in [2.75, 3.05) is 26.6 Å². The van der Waals surface area contributed by atoms with Gasteiger partial charge in [0.15, 0.2) is 11.5 Å². The number of ether oxygens (including phenoxy) is 3. The molecule has 0 heterocycles. The molecule has 0 radical (unpaired) electrons. The monoisotopic (exact) mass is 308 g/mol. The molecule has 1 aliphatic rings. The average Bonchev–Trinajstić information content (AvgIpc) is 2.91. The Morgan fingerprint density at radius 2 is 1.82 bits per heavy atom.